The number of aromatic nitrogens is 3. The molecule has 3 rings (SSSR count). The van der Waals surface area contributed by atoms with Gasteiger partial charge in [0.25, 0.3) is 0 Å². The van der Waals surface area contributed by atoms with Crippen LogP contribution in [0.3, 0.4) is 0 Å². The summed E-state index contributed by atoms with van der Waals surface area (Å²) >= 11 is 0. The standard InChI is InChI=1S/C16H15N5O3S/c1-24-15-13(6-3-8-18-15)14-7-9-19-16(21-14)20-11-4-2-5-12(10-11)25(17,22)23/h2-10H,1H3,(H2,17,22,23)(H,19,20,21). The van der Waals surface area contributed by atoms with Crippen molar-refractivity contribution in [2.24, 2.45) is 5.14 Å². The average Bonchev–Trinajstić information content (AvgIpc) is 2.61. The summed E-state index contributed by atoms with van der Waals surface area (Å²) in [6.45, 7) is 0. The van der Waals surface area contributed by atoms with E-state index >= 15 is 0 Å². The lowest BCUT2D eigenvalue weighted by molar-refractivity contribution is 0.399. The number of nitrogens with two attached hydrogens (primary N) is 1. The lowest BCUT2D eigenvalue weighted by atomic mass is 10.2. The number of pyridine rings is 1. The molecule has 0 aliphatic heterocycles. The van der Waals surface area contributed by atoms with Gasteiger partial charge in [0.1, 0.15) is 0 Å². The van der Waals surface area contributed by atoms with E-state index in [4.69, 9.17) is 9.88 Å². The molecule has 1 aromatic carbocycles. The lowest BCUT2D eigenvalue weighted by Crippen LogP contribution is -2.12. The molecule has 3 N–H and O–H groups in total. The monoisotopic (exact) mass is 357 g/mol. The first-order valence-electron chi connectivity index (χ1n) is 7.20. The van der Waals surface area contributed by atoms with E-state index in [-0.39, 0.29) is 4.90 Å². The highest BCUT2D eigenvalue weighted by molar-refractivity contribution is 7.89. The maximum atomic E-state index is 11.4. The Labute approximate surface area is 144 Å². The minimum Gasteiger partial charge on any atom is -0.481 e. The zero-order valence-electron chi connectivity index (χ0n) is 13.2. The molecular weight excluding hydrogens is 342 g/mol. The number of benzene rings is 1. The molecule has 0 fully saturated rings. The molecule has 0 saturated carbocycles. The van der Waals surface area contributed by atoms with Gasteiger partial charge in [0, 0.05) is 18.1 Å². The van der Waals surface area contributed by atoms with Crippen LogP contribution in [0.5, 0.6) is 5.88 Å². The maximum Gasteiger partial charge on any atom is 0.238 e. The van der Waals surface area contributed by atoms with Crippen molar-refractivity contribution in [3.63, 3.8) is 0 Å². The minimum absolute atomic E-state index is 0.00239. The second-order valence-corrected chi connectivity index (χ2v) is 6.58. The van der Waals surface area contributed by atoms with E-state index in [1.807, 2.05) is 6.07 Å². The Morgan fingerprint density at radius 3 is 2.68 bits per heavy atom. The van der Waals surface area contributed by atoms with E-state index in [1.54, 1.807) is 36.7 Å². The summed E-state index contributed by atoms with van der Waals surface area (Å²) in [6.07, 6.45) is 3.21. The van der Waals surface area contributed by atoms with Crippen molar-refractivity contribution in [3.8, 4) is 17.1 Å². The number of rotatable bonds is 5. The Bertz CT molecular complexity index is 1010. The molecule has 2 heterocycles. The normalized spacial score (nSPS) is 11.1. The Hall–Kier alpha value is -3.04. The van der Waals surface area contributed by atoms with Gasteiger partial charge in [-0.3, -0.25) is 0 Å². The molecule has 2 aromatic heterocycles. The fourth-order valence-electron chi connectivity index (χ4n) is 2.20. The van der Waals surface area contributed by atoms with E-state index in [1.165, 1.54) is 19.2 Å². The molecule has 25 heavy (non-hydrogen) atoms. The average molecular weight is 357 g/mol. The second-order valence-electron chi connectivity index (χ2n) is 5.02. The molecule has 0 amide bonds. The fraction of sp³-hybridized carbons (Fsp3) is 0.0625. The highest BCUT2D eigenvalue weighted by atomic mass is 32.2. The molecule has 0 aliphatic rings. The molecule has 0 spiro atoms. The molecule has 9 heteroatoms. The van der Waals surface area contributed by atoms with Gasteiger partial charge in [-0.1, -0.05) is 6.07 Å². The molecule has 0 radical (unpaired) electrons. The first kappa shape index (κ1) is 16.8. The number of hydrogen-bond donors (Lipinski definition) is 2. The molecular formula is C16H15N5O3S. The quantitative estimate of drug-likeness (QED) is 0.716. The molecule has 0 atom stereocenters. The van der Waals surface area contributed by atoms with Crippen LogP contribution in [0.4, 0.5) is 11.6 Å². The van der Waals surface area contributed by atoms with Gasteiger partial charge >= 0.3 is 0 Å². The van der Waals surface area contributed by atoms with Crippen LogP contribution in [0, 0.1) is 0 Å². The van der Waals surface area contributed by atoms with Crippen LogP contribution < -0.4 is 15.2 Å². The van der Waals surface area contributed by atoms with Crippen molar-refractivity contribution in [1.82, 2.24) is 15.0 Å². The predicted molar refractivity (Wildman–Crippen MR) is 92.9 cm³/mol. The minimum atomic E-state index is -3.78. The van der Waals surface area contributed by atoms with Gasteiger partial charge in [0.15, 0.2) is 0 Å². The van der Waals surface area contributed by atoms with Crippen molar-refractivity contribution >= 4 is 21.7 Å². The van der Waals surface area contributed by atoms with Crippen molar-refractivity contribution in [2.75, 3.05) is 12.4 Å². The van der Waals surface area contributed by atoms with Gasteiger partial charge < -0.3 is 10.1 Å². The van der Waals surface area contributed by atoms with Crippen molar-refractivity contribution < 1.29 is 13.2 Å². The summed E-state index contributed by atoms with van der Waals surface area (Å²) in [5, 5.41) is 8.10. The molecule has 128 valence electrons. The van der Waals surface area contributed by atoms with Gasteiger partial charge in [-0.25, -0.2) is 28.5 Å². The predicted octanol–water partition coefficient (Wildman–Crippen LogP) is 1.94. The van der Waals surface area contributed by atoms with Gasteiger partial charge in [0.05, 0.1) is 23.3 Å². The van der Waals surface area contributed by atoms with Crippen LogP contribution in [-0.2, 0) is 10.0 Å². The first-order chi connectivity index (χ1) is 12.0. The summed E-state index contributed by atoms with van der Waals surface area (Å²) in [6, 6.07) is 11.4. The SMILES string of the molecule is COc1ncccc1-c1ccnc(Nc2cccc(S(N)(=O)=O)c2)n1. The fourth-order valence-corrected chi connectivity index (χ4v) is 2.76. The summed E-state index contributed by atoms with van der Waals surface area (Å²) in [7, 11) is -2.25. The van der Waals surface area contributed by atoms with E-state index in [2.05, 4.69) is 20.3 Å². The summed E-state index contributed by atoms with van der Waals surface area (Å²) in [5.74, 6) is 0.748. The topological polar surface area (TPSA) is 120 Å². The third-order valence-corrected chi connectivity index (χ3v) is 4.23. The van der Waals surface area contributed by atoms with Crippen LogP contribution in [0.2, 0.25) is 0 Å². The molecule has 8 nitrogen and oxygen atoms in total. The lowest BCUT2D eigenvalue weighted by Gasteiger charge is -2.09. The Kier molecular flexibility index (Phi) is 4.59. The van der Waals surface area contributed by atoms with Crippen LogP contribution in [0.25, 0.3) is 11.3 Å². The molecule has 3 aromatic rings. The number of sulfonamides is 1. The molecule has 0 saturated heterocycles. The summed E-state index contributed by atoms with van der Waals surface area (Å²) in [5.41, 5.74) is 1.83. The largest absolute Gasteiger partial charge is 0.481 e. The van der Waals surface area contributed by atoms with Crippen LogP contribution in [0.15, 0.2) is 59.8 Å². The van der Waals surface area contributed by atoms with E-state index < -0.39 is 10.0 Å². The van der Waals surface area contributed by atoms with Crippen molar-refractivity contribution in [3.05, 3.63) is 54.9 Å². The van der Waals surface area contributed by atoms with E-state index in [9.17, 15) is 8.42 Å². The van der Waals surface area contributed by atoms with Gasteiger partial charge in [0.2, 0.25) is 21.9 Å². The third-order valence-electron chi connectivity index (χ3n) is 3.31. The van der Waals surface area contributed by atoms with Crippen molar-refractivity contribution in [1.29, 1.82) is 0 Å². The number of anilines is 2. The van der Waals surface area contributed by atoms with Crippen LogP contribution >= 0.6 is 0 Å². The number of nitrogens with one attached hydrogen (secondary N) is 1. The molecule has 0 bridgehead atoms. The zero-order valence-corrected chi connectivity index (χ0v) is 14.1. The Morgan fingerprint density at radius 1 is 1.08 bits per heavy atom. The molecule has 0 aliphatic carbocycles. The highest BCUT2D eigenvalue weighted by Crippen LogP contribution is 2.26. The van der Waals surface area contributed by atoms with Gasteiger partial charge in [-0.05, 0) is 36.4 Å². The molecule has 0 unspecified atom stereocenters. The third kappa shape index (κ3) is 3.90. The Balaban J connectivity index is 1.93. The number of primary sulfonamides is 1. The van der Waals surface area contributed by atoms with Crippen molar-refractivity contribution in [2.45, 2.75) is 4.90 Å². The zero-order chi connectivity index (χ0) is 17.9. The number of methoxy groups -OCH3 is 1. The van der Waals surface area contributed by atoms with Gasteiger partial charge in [-0.15, -0.1) is 0 Å². The van der Waals surface area contributed by atoms with E-state index in [0.717, 1.165) is 0 Å². The second kappa shape index (κ2) is 6.83. The number of hydrogen-bond acceptors (Lipinski definition) is 7. The summed E-state index contributed by atoms with van der Waals surface area (Å²) < 4.78 is 28.1. The number of ether oxygens (including phenoxy) is 1. The maximum absolute atomic E-state index is 11.4. The Morgan fingerprint density at radius 2 is 1.92 bits per heavy atom. The van der Waals surface area contributed by atoms with E-state index in [0.29, 0.717) is 28.8 Å². The summed E-state index contributed by atoms with van der Waals surface area (Å²) in [4.78, 5) is 12.7. The van der Waals surface area contributed by atoms with Gasteiger partial charge in [-0.2, -0.15) is 0 Å². The smallest absolute Gasteiger partial charge is 0.238 e. The highest BCUT2D eigenvalue weighted by Gasteiger charge is 2.11. The van der Waals surface area contributed by atoms with Crippen LogP contribution in [0.1, 0.15) is 0 Å². The van der Waals surface area contributed by atoms with Crippen LogP contribution in [-0.4, -0.2) is 30.5 Å². The number of nitrogens with zero attached hydrogens (tertiary/aromatic N) is 3. The first-order valence-corrected chi connectivity index (χ1v) is 8.74.